The minimum atomic E-state index is -3.17. The van der Waals surface area contributed by atoms with Crippen molar-refractivity contribution < 1.29 is 31.6 Å². The molecule has 6 rings (SSSR count). The molecule has 0 amide bonds. The minimum Gasteiger partial charge on any atom is -0.452 e. The van der Waals surface area contributed by atoms with Crippen molar-refractivity contribution in [2.75, 3.05) is 31.3 Å². The summed E-state index contributed by atoms with van der Waals surface area (Å²) in [5.41, 5.74) is 3.45. The molecule has 8 nitrogen and oxygen atoms in total. The lowest BCUT2D eigenvalue weighted by atomic mass is 10.0. The Morgan fingerprint density at radius 1 is 1.05 bits per heavy atom. The third kappa shape index (κ3) is 5.18. The summed E-state index contributed by atoms with van der Waals surface area (Å²) < 4.78 is 77.0. The molecule has 12 heteroatoms. The number of aromatic amines is 1. The third-order valence-corrected chi connectivity index (χ3v) is 9.21. The summed E-state index contributed by atoms with van der Waals surface area (Å²) >= 11 is 0. The highest BCUT2D eigenvalue weighted by atomic mass is 32.2. The molecule has 40 heavy (non-hydrogen) atoms. The summed E-state index contributed by atoms with van der Waals surface area (Å²) in [6, 6.07) is 15.7. The smallest absolute Gasteiger partial charge is 0.311 e. The molecule has 0 radical (unpaired) electrons. The zero-order valence-electron chi connectivity index (χ0n) is 21.6. The van der Waals surface area contributed by atoms with Gasteiger partial charge in [0.1, 0.15) is 11.8 Å². The van der Waals surface area contributed by atoms with Gasteiger partial charge in [0.05, 0.1) is 52.3 Å². The van der Waals surface area contributed by atoms with Crippen LogP contribution in [-0.2, 0) is 19.2 Å². The number of imidazole rings is 1. The molecule has 2 saturated heterocycles. The lowest BCUT2D eigenvalue weighted by Crippen LogP contribution is -2.41. The maximum Gasteiger partial charge on any atom is 0.311 e. The molecule has 0 aliphatic carbocycles. The molecular formula is C28H27F3N4O4S. The highest BCUT2D eigenvalue weighted by Crippen LogP contribution is 2.36. The number of nitrogens with zero attached hydrogens (tertiary/aromatic N) is 3. The zero-order valence-corrected chi connectivity index (χ0v) is 22.4. The quantitative estimate of drug-likeness (QED) is 0.316. The summed E-state index contributed by atoms with van der Waals surface area (Å²) in [5.74, 6) is -2.89. The molecule has 1 N–H and O–H groups in total. The van der Waals surface area contributed by atoms with Crippen LogP contribution in [0.3, 0.4) is 0 Å². The van der Waals surface area contributed by atoms with Crippen LogP contribution in [0.15, 0.2) is 59.0 Å². The van der Waals surface area contributed by atoms with Crippen LogP contribution in [0.1, 0.15) is 13.3 Å². The molecule has 2 atom stereocenters. The second-order valence-corrected chi connectivity index (χ2v) is 12.3. The van der Waals surface area contributed by atoms with Crippen LogP contribution in [0, 0.1) is 5.82 Å². The normalized spacial score (nSPS) is 21.9. The molecule has 0 saturated carbocycles. The van der Waals surface area contributed by atoms with Crippen LogP contribution in [0.25, 0.3) is 33.5 Å². The van der Waals surface area contributed by atoms with E-state index in [4.69, 9.17) is 14.2 Å². The molecule has 2 aromatic carbocycles. The van der Waals surface area contributed by atoms with Gasteiger partial charge in [0.2, 0.25) is 0 Å². The first-order valence-corrected chi connectivity index (χ1v) is 14.8. The predicted octanol–water partition coefficient (Wildman–Crippen LogP) is 5.75. The van der Waals surface area contributed by atoms with E-state index in [1.807, 2.05) is 36.4 Å². The first-order valence-electron chi connectivity index (χ1n) is 13.0. The van der Waals surface area contributed by atoms with Gasteiger partial charge >= 0.3 is 5.92 Å². The van der Waals surface area contributed by atoms with Crippen LogP contribution in [0.5, 0.6) is 6.01 Å². The first kappa shape index (κ1) is 26.7. The van der Waals surface area contributed by atoms with Crippen molar-refractivity contribution in [2.45, 2.75) is 31.5 Å². The summed E-state index contributed by atoms with van der Waals surface area (Å²) in [4.78, 5) is 11.2. The summed E-state index contributed by atoms with van der Waals surface area (Å²) in [6.07, 6.45) is -2.56. The van der Waals surface area contributed by atoms with Crippen LogP contribution in [0.4, 0.5) is 18.9 Å². The Labute approximate surface area is 229 Å². The van der Waals surface area contributed by atoms with Gasteiger partial charge in [-0.25, -0.2) is 13.6 Å². The largest absolute Gasteiger partial charge is 0.452 e. The molecule has 4 heterocycles. The van der Waals surface area contributed by atoms with E-state index in [0.29, 0.717) is 36.0 Å². The standard InChI is InChI=1S/C28H27F3N4O4S/c1-2-23-28(30,31)24(16-38-23)39-27-32-22-15-21(29)25(33-26(22)34-27)19-5-3-17(4-6-19)18-7-9-20(10-8-18)35-40(36)13-11-37-12-14-40/h3-10,15,23-24H,2,11-14,16H2,1H3,(H,32,33,34)/t23-,24-/m1/s1. The number of ether oxygens (including phenoxy) is 3. The van der Waals surface area contributed by atoms with Gasteiger partial charge in [-0.2, -0.15) is 18.1 Å². The number of nitrogens with one attached hydrogen (secondary N) is 1. The van der Waals surface area contributed by atoms with E-state index >= 15 is 0 Å². The molecule has 0 spiro atoms. The van der Waals surface area contributed by atoms with Crippen LogP contribution in [-0.4, -0.2) is 68.6 Å². The maximum atomic E-state index is 15.0. The first-order chi connectivity index (χ1) is 19.2. The Morgan fingerprint density at radius 3 is 2.35 bits per heavy atom. The van der Waals surface area contributed by atoms with Crippen molar-refractivity contribution in [3.63, 3.8) is 0 Å². The fourth-order valence-corrected chi connectivity index (χ4v) is 6.47. The van der Waals surface area contributed by atoms with Gasteiger partial charge in [0.15, 0.2) is 17.6 Å². The molecule has 210 valence electrons. The number of benzene rings is 2. The van der Waals surface area contributed by atoms with Gasteiger partial charge in [0, 0.05) is 11.6 Å². The van der Waals surface area contributed by atoms with E-state index in [1.54, 1.807) is 19.1 Å². The Balaban J connectivity index is 1.20. The average Bonchev–Trinajstić information content (AvgIpc) is 3.47. The number of aromatic nitrogens is 3. The number of halogens is 3. The Morgan fingerprint density at radius 2 is 1.70 bits per heavy atom. The Hall–Kier alpha value is -3.48. The van der Waals surface area contributed by atoms with Crippen molar-refractivity contribution in [3.05, 3.63) is 60.4 Å². The summed E-state index contributed by atoms with van der Waals surface area (Å²) in [6.45, 7) is 2.26. The molecule has 2 aliphatic heterocycles. The van der Waals surface area contributed by atoms with Crippen LogP contribution < -0.4 is 4.74 Å². The molecule has 2 fully saturated rings. The summed E-state index contributed by atoms with van der Waals surface area (Å²) in [5, 5.41) is 0. The third-order valence-electron chi connectivity index (χ3n) is 7.06. The van der Waals surface area contributed by atoms with Gasteiger partial charge in [-0.05, 0) is 29.7 Å². The topological polar surface area (TPSA) is 98.7 Å². The number of fused-ring (bicyclic) bond motifs is 1. The lowest BCUT2D eigenvalue weighted by Gasteiger charge is -2.20. The number of rotatable bonds is 6. The van der Waals surface area contributed by atoms with Gasteiger partial charge < -0.3 is 19.2 Å². The van der Waals surface area contributed by atoms with Gasteiger partial charge in [-0.1, -0.05) is 43.3 Å². The van der Waals surface area contributed by atoms with E-state index in [9.17, 15) is 17.4 Å². The van der Waals surface area contributed by atoms with E-state index in [1.165, 1.54) is 6.07 Å². The second kappa shape index (κ2) is 10.5. The average molecular weight is 573 g/mol. The van der Waals surface area contributed by atoms with Crippen molar-refractivity contribution in [3.8, 4) is 28.4 Å². The van der Waals surface area contributed by atoms with Crippen LogP contribution in [0.2, 0.25) is 0 Å². The van der Waals surface area contributed by atoms with E-state index < -0.39 is 33.7 Å². The highest BCUT2D eigenvalue weighted by molar-refractivity contribution is 7.93. The molecule has 4 aromatic rings. The lowest BCUT2D eigenvalue weighted by molar-refractivity contribution is -0.106. The number of alkyl halides is 2. The maximum absolute atomic E-state index is 15.0. The Bertz CT molecular complexity index is 1640. The SMILES string of the molecule is CC[C@H]1OC[C@@H](Oc2nc3nc(-c4ccc(-c5ccc(N=S6(=O)CCOCC6)cc5)cc4)c(F)cc3[nH]2)C1(F)F. The Kier molecular flexibility index (Phi) is 7.01. The van der Waals surface area contributed by atoms with E-state index in [-0.39, 0.29) is 35.9 Å². The number of hydrogen-bond donors (Lipinski definition) is 1. The van der Waals surface area contributed by atoms with Crippen LogP contribution >= 0.6 is 0 Å². The molecular weight excluding hydrogens is 545 g/mol. The van der Waals surface area contributed by atoms with Gasteiger partial charge in [-0.15, -0.1) is 0 Å². The predicted molar refractivity (Wildman–Crippen MR) is 145 cm³/mol. The minimum absolute atomic E-state index is 0.0759. The molecule has 2 aliphatic rings. The molecule has 0 unspecified atom stereocenters. The van der Waals surface area contributed by atoms with Crippen molar-refractivity contribution in [1.29, 1.82) is 0 Å². The zero-order chi connectivity index (χ0) is 27.9. The van der Waals surface area contributed by atoms with Crippen molar-refractivity contribution in [2.24, 2.45) is 4.36 Å². The number of pyridine rings is 1. The molecule has 0 bridgehead atoms. The van der Waals surface area contributed by atoms with E-state index in [0.717, 1.165) is 11.1 Å². The van der Waals surface area contributed by atoms with E-state index in [2.05, 4.69) is 19.3 Å². The fourth-order valence-electron chi connectivity index (χ4n) is 4.83. The van der Waals surface area contributed by atoms with Gasteiger partial charge in [0.25, 0.3) is 6.01 Å². The number of H-pyrrole nitrogens is 1. The monoisotopic (exact) mass is 572 g/mol. The summed E-state index contributed by atoms with van der Waals surface area (Å²) in [7, 11) is -2.29. The highest BCUT2D eigenvalue weighted by Gasteiger charge is 2.54. The van der Waals surface area contributed by atoms with Gasteiger partial charge in [-0.3, -0.25) is 0 Å². The fraction of sp³-hybridized carbons (Fsp3) is 0.357. The number of hydrogen-bond acceptors (Lipinski definition) is 7. The van der Waals surface area contributed by atoms with Crippen molar-refractivity contribution in [1.82, 2.24) is 15.0 Å². The second-order valence-electron chi connectivity index (χ2n) is 9.75. The molecule has 2 aromatic heterocycles. The van der Waals surface area contributed by atoms with Crippen molar-refractivity contribution >= 4 is 26.6 Å².